The number of anilines is 1. The molecule has 1 aliphatic rings. The Morgan fingerprint density at radius 1 is 1.16 bits per heavy atom. The van der Waals surface area contributed by atoms with Gasteiger partial charge in [-0.15, -0.1) is 0 Å². The van der Waals surface area contributed by atoms with E-state index in [1.165, 1.54) is 0 Å². The summed E-state index contributed by atoms with van der Waals surface area (Å²) in [7, 11) is 0. The smallest absolute Gasteiger partial charge is 0.263 e. The first kappa shape index (κ1) is 16.7. The lowest BCUT2D eigenvalue weighted by Crippen LogP contribution is -2.52. The molecule has 1 atom stereocenters. The molecule has 128 valence electrons. The van der Waals surface area contributed by atoms with Crippen LogP contribution in [0.3, 0.4) is 0 Å². The molecule has 1 fully saturated rings. The monoisotopic (exact) mass is 337 g/mol. The summed E-state index contributed by atoms with van der Waals surface area (Å²) in [6.45, 7) is 4.35. The summed E-state index contributed by atoms with van der Waals surface area (Å²) in [6.07, 6.45) is 2.85. The largest absolute Gasteiger partial charge is 0.481 e. The molecule has 0 bridgehead atoms. The molecular formula is C18H19N5O2. The molecule has 1 amide bonds. The van der Waals surface area contributed by atoms with Crippen molar-refractivity contribution in [3.8, 4) is 11.8 Å². The number of hydrogen-bond acceptors (Lipinski definition) is 6. The first-order valence-electron chi connectivity index (χ1n) is 8.15. The van der Waals surface area contributed by atoms with Crippen LogP contribution in [0.5, 0.6) is 5.75 Å². The number of aromatic nitrogens is 2. The Morgan fingerprint density at radius 3 is 2.40 bits per heavy atom. The summed E-state index contributed by atoms with van der Waals surface area (Å²) < 4.78 is 5.70. The summed E-state index contributed by atoms with van der Waals surface area (Å²) in [5, 5.41) is 8.81. The van der Waals surface area contributed by atoms with Crippen molar-refractivity contribution >= 4 is 11.9 Å². The van der Waals surface area contributed by atoms with Crippen molar-refractivity contribution in [1.29, 1.82) is 5.26 Å². The standard InChI is InChI=1S/C18H19N5O2/c1-14(25-16-5-3-15(13-19)4-6-16)17(24)22-9-11-23(12-10-22)18-20-7-2-8-21-18/h2-8,14H,9-12H2,1H3/t14-/m1/s1. The average molecular weight is 337 g/mol. The van der Waals surface area contributed by atoms with Crippen LogP contribution in [0.4, 0.5) is 5.95 Å². The van der Waals surface area contributed by atoms with Crippen LogP contribution in [0, 0.1) is 11.3 Å². The fourth-order valence-electron chi connectivity index (χ4n) is 2.70. The van der Waals surface area contributed by atoms with Gasteiger partial charge >= 0.3 is 0 Å². The molecule has 1 aromatic heterocycles. The van der Waals surface area contributed by atoms with Crippen molar-refractivity contribution in [2.24, 2.45) is 0 Å². The molecular weight excluding hydrogens is 318 g/mol. The Morgan fingerprint density at radius 2 is 1.80 bits per heavy atom. The van der Waals surface area contributed by atoms with Crippen LogP contribution in [-0.2, 0) is 4.79 Å². The summed E-state index contributed by atoms with van der Waals surface area (Å²) in [6, 6.07) is 10.6. The average Bonchev–Trinajstić information content (AvgIpc) is 2.69. The maximum atomic E-state index is 12.6. The molecule has 0 N–H and O–H groups in total. The predicted molar refractivity (Wildman–Crippen MR) is 92.1 cm³/mol. The lowest BCUT2D eigenvalue weighted by molar-refractivity contribution is -0.138. The summed E-state index contributed by atoms with van der Waals surface area (Å²) in [5.74, 6) is 1.23. The molecule has 7 nitrogen and oxygen atoms in total. The van der Waals surface area contributed by atoms with Gasteiger partial charge in [0.1, 0.15) is 5.75 Å². The molecule has 1 aromatic carbocycles. The number of carbonyl (C=O) groups excluding carboxylic acids is 1. The molecule has 0 unspecified atom stereocenters. The van der Waals surface area contributed by atoms with Crippen molar-refractivity contribution in [3.63, 3.8) is 0 Å². The zero-order valence-corrected chi connectivity index (χ0v) is 14.0. The maximum Gasteiger partial charge on any atom is 0.263 e. The lowest BCUT2D eigenvalue weighted by atomic mass is 10.2. The zero-order chi connectivity index (χ0) is 17.6. The number of benzene rings is 1. The van der Waals surface area contributed by atoms with Crippen LogP contribution in [0.1, 0.15) is 12.5 Å². The maximum absolute atomic E-state index is 12.6. The molecule has 2 aromatic rings. The van der Waals surface area contributed by atoms with E-state index in [1.807, 2.05) is 0 Å². The Hall–Kier alpha value is -3.14. The highest BCUT2D eigenvalue weighted by molar-refractivity contribution is 5.81. The lowest BCUT2D eigenvalue weighted by Gasteiger charge is -2.35. The topological polar surface area (TPSA) is 82.4 Å². The van der Waals surface area contributed by atoms with Crippen LogP contribution < -0.4 is 9.64 Å². The second-order valence-corrected chi connectivity index (χ2v) is 5.76. The molecule has 7 heteroatoms. The van der Waals surface area contributed by atoms with E-state index in [1.54, 1.807) is 54.5 Å². The highest BCUT2D eigenvalue weighted by atomic mass is 16.5. The molecule has 0 spiro atoms. The predicted octanol–water partition coefficient (Wildman–Crippen LogP) is 1.46. The number of hydrogen-bond donors (Lipinski definition) is 0. The van der Waals surface area contributed by atoms with E-state index in [4.69, 9.17) is 10.00 Å². The number of ether oxygens (including phenoxy) is 1. The van der Waals surface area contributed by atoms with Crippen LogP contribution in [0.2, 0.25) is 0 Å². The van der Waals surface area contributed by atoms with Crippen molar-refractivity contribution in [2.75, 3.05) is 31.1 Å². The van der Waals surface area contributed by atoms with Gasteiger partial charge in [-0.25, -0.2) is 9.97 Å². The zero-order valence-electron chi connectivity index (χ0n) is 14.0. The first-order chi connectivity index (χ1) is 12.2. The van der Waals surface area contributed by atoms with Crippen LogP contribution in [-0.4, -0.2) is 53.1 Å². The van der Waals surface area contributed by atoms with Crippen LogP contribution in [0.25, 0.3) is 0 Å². The minimum atomic E-state index is -0.576. The van der Waals surface area contributed by atoms with E-state index in [2.05, 4.69) is 20.9 Å². The summed E-state index contributed by atoms with van der Waals surface area (Å²) in [4.78, 5) is 24.9. The number of nitrogens with zero attached hydrogens (tertiary/aromatic N) is 5. The summed E-state index contributed by atoms with van der Waals surface area (Å²) in [5.41, 5.74) is 0.561. The molecule has 0 radical (unpaired) electrons. The fraction of sp³-hybridized carbons (Fsp3) is 0.333. The van der Waals surface area contributed by atoms with Gasteiger partial charge in [0, 0.05) is 38.6 Å². The van der Waals surface area contributed by atoms with Crippen molar-refractivity contribution < 1.29 is 9.53 Å². The second kappa shape index (κ2) is 7.62. The van der Waals surface area contributed by atoms with Gasteiger partial charge < -0.3 is 14.5 Å². The summed E-state index contributed by atoms with van der Waals surface area (Å²) >= 11 is 0. The third kappa shape index (κ3) is 4.04. The third-order valence-corrected chi connectivity index (χ3v) is 4.07. The minimum Gasteiger partial charge on any atom is -0.481 e. The highest BCUT2D eigenvalue weighted by Crippen LogP contribution is 2.16. The molecule has 25 heavy (non-hydrogen) atoms. The number of carbonyl (C=O) groups is 1. The van der Waals surface area contributed by atoms with E-state index in [9.17, 15) is 4.79 Å². The third-order valence-electron chi connectivity index (χ3n) is 4.07. The van der Waals surface area contributed by atoms with Gasteiger partial charge in [0.05, 0.1) is 11.6 Å². The highest BCUT2D eigenvalue weighted by Gasteiger charge is 2.26. The van der Waals surface area contributed by atoms with Crippen LogP contribution in [0.15, 0.2) is 42.7 Å². The van der Waals surface area contributed by atoms with Gasteiger partial charge in [0.15, 0.2) is 6.10 Å². The number of nitriles is 1. The Bertz CT molecular complexity index is 749. The van der Waals surface area contributed by atoms with Crippen molar-refractivity contribution in [3.05, 3.63) is 48.3 Å². The van der Waals surface area contributed by atoms with Crippen molar-refractivity contribution in [2.45, 2.75) is 13.0 Å². The molecule has 3 rings (SSSR count). The van der Waals surface area contributed by atoms with Gasteiger partial charge in [-0.3, -0.25) is 4.79 Å². The van der Waals surface area contributed by atoms with E-state index < -0.39 is 6.10 Å². The van der Waals surface area contributed by atoms with E-state index in [0.29, 0.717) is 43.4 Å². The molecule has 1 saturated heterocycles. The van der Waals surface area contributed by atoms with Gasteiger partial charge in [0.2, 0.25) is 5.95 Å². The SMILES string of the molecule is C[C@@H](Oc1ccc(C#N)cc1)C(=O)N1CCN(c2ncccn2)CC1. The molecule has 0 aliphatic carbocycles. The van der Waals surface area contributed by atoms with Gasteiger partial charge in [-0.2, -0.15) is 5.26 Å². The first-order valence-corrected chi connectivity index (χ1v) is 8.15. The second-order valence-electron chi connectivity index (χ2n) is 5.76. The van der Waals surface area contributed by atoms with E-state index in [-0.39, 0.29) is 5.91 Å². The minimum absolute atomic E-state index is 0.0435. The Balaban J connectivity index is 1.54. The van der Waals surface area contributed by atoms with Gasteiger partial charge in [-0.05, 0) is 37.3 Å². The quantitative estimate of drug-likeness (QED) is 0.840. The van der Waals surface area contributed by atoms with Gasteiger partial charge in [0.25, 0.3) is 5.91 Å². The molecule has 0 saturated carbocycles. The number of amides is 1. The number of piperazine rings is 1. The van der Waals surface area contributed by atoms with Crippen molar-refractivity contribution in [1.82, 2.24) is 14.9 Å². The molecule has 1 aliphatic heterocycles. The van der Waals surface area contributed by atoms with E-state index in [0.717, 1.165) is 0 Å². The number of rotatable bonds is 4. The fourth-order valence-corrected chi connectivity index (χ4v) is 2.70. The van der Waals surface area contributed by atoms with E-state index >= 15 is 0 Å². The Kier molecular flexibility index (Phi) is 5.09. The molecule has 2 heterocycles. The normalized spacial score (nSPS) is 15.4. The van der Waals surface area contributed by atoms with Crippen LogP contribution >= 0.6 is 0 Å². The Labute approximate surface area is 146 Å². The van der Waals surface area contributed by atoms with Gasteiger partial charge in [-0.1, -0.05) is 0 Å².